The van der Waals surface area contributed by atoms with Gasteiger partial charge in [-0.05, 0) is 25.7 Å². The Kier molecular flexibility index (Phi) is 3.98. The highest BCUT2D eigenvalue weighted by molar-refractivity contribution is 5.89. The molecule has 2 heteroatoms. The van der Waals surface area contributed by atoms with Gasteiger partial charge >= 0.3 is 0 Å². The minimum absolute atomic E-state index is 0.581. The second-order valence-electron chi connectivity index (χ2n) is 3.56. The Balaban J connectivity index is 2.47. The fourth-order valence-corrected chi connectivity index (χ4v) is 1.89. The van der Waals surface area contributed by atoms with Gasteiger partial charge in [0.2, 0.25) is 6.41 Å². The smallest absolute Gasteiger partial charge is 0.232 e. The number of hydrogen-bond donors (Lipinski definition) is 0. The van der Waals surface area contributed by atoms with Gasteiger partial charge in [-0.2, -0.15) is 0 Å². The van der Waals surface area contributed by atoms with Crippen molar-refractivity contribution < 1.29 is 4.79 Å². The van der Waals surface area contributed by atoms with Crippen molar-refractivity contribution in [2.75, 3.05) is 0 Å². The quantitative estimate of drug-likeness (QED) is 0.353. The Morgan fingerprint density at radius 3 is 2.33 bits per heavy atom. The van der Waals surface area contributed by atoms with Gasteiger partial charge in [0.15, 0.2) is 0 Å². The molecule has 1 rings (SSSR count). The number of nitrogens with zero attached hydrogens (tertiary/aromatic N) is 1. The third-order valence-electron chi connectivity index (χ3n) is 2.70. The van der Waals surface area contributed by atoms with E-state index >= 15 is 0 Å². The summed E-state index contributed by atoms with van der Waals surface area (Å²) in [5.41, 5.74) is 1.03. The lowest BCUT2D eigenvalue weighted by atomic mass is 9.96. The van der Waals surface area contributed by atoms with Crippen molar-refractivity contribution >= 4 is 12.1 Å². The van der Waals surface area contributed by atoms with Crippen molar-refractivity contribution in [2.24, 2.45) is 10.9 Å². The molecule has 0 aromatic carbocycles. The molecule has 0 aromatic rings. The van der Waals surface area contributed by atoms with E-state index in [4.69, 9.17) is 0 Å². The van der Waals surface area contributed by atoms with Crippen molar-refractivity contribution in [2.45, 2.75) is 45.4 Å². The number of hydrogen-bond acceptors (Lipinski definition) is 1. The molecule has 1 aliphatic carbocycles. The summed E-state index contributed by atoms with van der Waals surface area (Å²) in [5.74, 6) is 0.581. The van der Waals surface area contributed by atoms with Gasteiger partial charge in [-0.1, -0.05) is 25.7 Å². The van der Waals surface area contributed by atoms with Crippen LogP contribution in [-0.4, -0.2) is 12.1 Å². The van der Waals surface area contributed by atoms with E-state index in [1.54, 1.807) is 0 Å². The minimum Gasteiger partial charge on any atom is -0.276 e. The maximum Gasteiger partial charge on any atom is 0.232 e. The van der Waals surface area contributed by atoms with E-state index in [1.165, 1.54) is 38.5 Å². The molecule has 1 fully saturated rings. The van der Waals surface area contributed by atoms with E-state index in [0.717, 1.165) is 5.71 Å². The Morgan fingerprint density at radius 2 is 1.83 bits per heavy atom. The average Bonchev–Trinajstić information content (AvgIpc) is 2.32. The SMILES string of the molecule is CC(=NC=O)C1CCCCCC1. The Labute approximate surface area is 74.1 Å². The summed E-state index contributed by atoms with van der Waals surface area (Å²) in [6, 6.07) is 0. The minimum atomic E-state index is 0.581. The van der Waals surface area contributed by atoms with Crippen molar-refractivity contribution in [1.29, 1.82) is 0 Å². The predicted octanol–water partition coefficient (Wildman–Crippen LogP) is 2.57. The lowest BCUT2D eigenvalue weighted by Gasteiger charge is -2.11. The molecule has 0 spiro atoms. The van der Waals surface area contributed by atoms with Crippen LogP contribution in [0.25, 0.3) is 0 Å². The van der Waals surface area contributed by atoms with Crippen LogP contribution in [0.15, 0.2) is 4.99 Å². The van der Waals surface area contributed by atoms with Crippen LogP contribution in [0, 0.1) is 5.92 Å². The summed E-state index contributed by atoms with van der Waals surface area (Å²) in [6.07, 6.45) is 8.43. The van der Waals surface area contributed by atoms with E-state index in [9.17, 15) is 4.79 Å². The zero-order chi connectivity index (χ0) is 8.81. The van der Waals surface area contributed by atoms with Gasteiger partial charge in [-0.25, -0.2) is 4.99 Å². The molecular formula is C10H17NO. The Hall–Kier alpha value is -0.660. The monoisotopic (exact) mass is 167 g/mol. The van der Waals surface area contributed by atoms with Crippen molar-refractivity contribution in [3.8, 4) is 0 Å². The average molecular weight is 167 g/mol. The van der Waals surface area contributed by atoms with Crippen molar-refractivity contribution in [1.82, 2.24) is 0 Å². The summed E-state index contributed by atoms with van der Waals surface area (Å²) in [7, 11) is 0. The zero-order valence-electron chi connectivity index (χ0n) is 7.75. The topological polar surface area (TPSA) is 29.4 Å². The Morgan fingerprint density at radius 1 is 1.25 bits per heavy atom. The van der Waals surface area contributed by atoms with Crippen LogP contribution in [0.3, 0.4) is 0 Å². The number of aliphatic imine (C=N–C) groups is 1. The first-order chi connectivity index (χ1) is 5.84. The molecule has 0 atom stereocenters. The van der Waals surface area contributed by atoms with Crippen LogP contribution >= 0.6 is 0 Å². The van der Waals surface area contributed by atoms with Gasteiger partial charge in [0.25, 0.3) is 0 Å². The molecule has 1 saturated carbocycles. The number of rotatable bonds is 2. The molecule has 68 valence electrons. The van der Waals surface area contributed by atoms with Crippen LogP contribution in [0.2, 0.25) is 0 Å². The van der Waals surface area contributed by atoms with Crippen LogP contribution in [0.4, 0.5) is 0 Å². The fourth-order valence-electron chi connectivity index (χ4n) is 1.89. The molecular weight excluding hydrogens is 150 g/mol. The van der Waals surface area contributed by atoms with E-state index in [1.807, 2.05) is 6.92 Å². The molecule has 0 aromatic heterocycles. The van der Waals surface area contributed by atoms with Gasteiger partial charge in [0.05, 0.1) is 0 Å². The van der Waals surface area contributed by atoms with Gasteiger partial charge in [0.1, 0.15) is 0 Å². The number of carbonyl (C=O) groups is 1. The summed E-state index contributed by atoms with van der Waals surface area (Å²) >= 11 is 0. The zero-order valence-corrected chi connectivity index (χ0v) is 7.75. The van der Waals surface area contributed by atoms with Gasteiger partial charge in [-0.15, -0.1) is 0 Å². The van der Waals surface area contributed by atoms with Gasteiger partial charge < -0.3 is 0 Å². The Bertz CT molecular complexity index is 167. The van der Waals surface area contributed by atoms with Crippen LogP contribution < -0.4 is 0 Å². The van der Waals surface area contributed by atoms with Crippen molar-refractivity contribution in [3.63, 3.8) is 0 Å². The van der Waals surface area contributed by atoms with E-state index in [2.05, 4.69) is 4.99 Å². The van der Waals surface area contributed by atoms with Crippen molar-refractivity contribution in [3.05, 3.63) is 0 Å². The number of amides is 1. The van der Waals surface area contributed by atoms with Crippen LogP contribution in [0.1, 0.15) is 45.4 Å². The standard InChI is InChI=1S/C10H17NO/c1-9(11-8-12)10-6-4-2-3-5-7-10/h8,10H,2-7H2,1H3. The van der Waals surface area contributed by atoms with Gasteiger partial charge in [0, 0.05) is 5.71 Å². The highest BCUT2D eigenvalue weighted by Crippen LogP contribution is 2.23. The molecule has 0 saturated heterocycles. The van der Waals surface area contributed by atoms with Crippen LogP contribution in [-0.2, 0) is 4.79 Å². The molecule has 1 amide bonds. The fraction of sp³-hybridized carbons (Fsp3) is 0.800. The van der Waals surface area contributed by atoms with E-state index in [-0.39, 0.29) is 0 Å². The molecule has 0 heterocycles. The molecule has 0 radical (unpaired) electrons. The third kappa shape index (κ3) is 2.76. The predicted molar refractivity (Wildman–Crippen MR) is 50.4 cm³/mol. The second-order valence-corrected chi connectivity index (χ2v) is 3.56. The largest absolute Gasteiger partial charge is 0.276 e. The summed E-state index contributed by atoms with van der Waals surface area (Å²) < 4.78 is 0. The lowest BCUT2D eigenvalue weighted by molar-refractivity contribution is -0.106. The third-order valence-corrected chi connectivity index (χ3v) is 2.70. The lowest BCUT2D eigenvalue weighted by Crippen LogP contribution is -2.10. The summed E-state index contributed by atoms with van der Waals surface area (Å²) in [5, 5.41) is 0. The van der Waals surface area contributed by atoms with Crippen LogP contribution in [0.5, 0.6) is 0 Å². The first-order valence-electron chi connectivity index (χ1n) is 4.82. The molecule has 0 bridgehead atoms. The van der Waals surface area contributed by atoms with E-state index in [0.29, 0.717) is 12.3 Å². The molecule has 1 aliphatic rings. The maximum atomic E-state index is 10.2. The number of carbonyl (C=O) groups excluding carboxylic acids is 1. The molecule has 2 nitrogen and oxygen atoms in total. The van der Waals surface area contributed by atoms with Gasteiger partial charge in [-0.3, -0.25) is 4.79 Å². The maximum absolute atomic E-state index is 10.2. The molecule has 0 N–H and O–H groups in total. The van der Waals surface area contributed by atoms with E-state index < -0.39 is 0 Å². The highest BCUT2D eigenvalue weighted by atomic mass is 16.1. The summed E-state index contributed by atoms with van der Waals surface area (Å²) in [6.45, 7) is 1.98. The molecule has 0 unspecified atom stereocenters. The first-order valence-corrected chi connectivity index (χ1v) is 4.82. The first kappa shape index (κ1) is 9.43. The summed E-state index contributed by atoms with van der Waals surface area (Å²) in [4.78, 5) is 14.0. The molecule has 12 heavy (non-hydrogen) atoms. The normalized spacial score (nSPS) is 21.9. The second kappa shape index (κ2) is 5.07. The highest BCUT2D eigenvalue weighted by Gasteiger charge is 2.14. The molecule has 0 aliphatic heterocycles.